The van der Waals surface area contributed by atoms with Crippen LogP contribution in [-0.4, -0.2) is 19.8 Å². The first-order chi connectivity index (χ1) is 7.79. The van der Waals surface area contributed by atoms with E-state index in [1.54, 1.807) is 0 Å². The highest BCUT2D eigenvalue weighted by molar-refractivity contribution is 6.64. The first kappa shape index (κ1) is 10.2. The van der Waals surface area contributed by atoms with Crippen LogP contribution in [0.15, 0.2) is 18.2 Å². The molecule has 2 aliphatic heterocycles. The minimum absolute atomic E-state index is 0.0841. The molecule has 0 saturated heterocycles. The van der Waals surface area contributed by atoms with Gasteiger partial charge in [-0.05, 0) is 25.0 Å². The molecule has 3 rings (SSSR count). The second-order valence-electron chi connectivity index (χ2n) is 4.39. The van der Waals surface area contributed by atoms with Crippen LogP contribution in [0.2, 0.25) is 0 Å². The minimum atomic E-state index is -0.235. The number of hydrogen-bond acceptors (Lipinski definition) is 3. The zero-order valence-corrected chi connectivity index (χ0v) is 9.60. The van der Waals surface area contributed by atoms with Gasteiger partial charge >= 0.3 is 7.12 Å². The average Bonchev–Trinajstić information content (AvgIpc) is 2.57. The Balaban J connectivity index is 2.09. The molecule has 3 nitrogen and oxygen atoms in total. The lowest BCUT2D eigenvalue weighted by Crippen LogP contribution is -2.31. The quantitative estimate of drug-likeness (QED) is 0.671. The van der Waals surface area contributed by atoms with Crippen molar-refractivity contribution in [1.29, 1.82) is 0 Å². The molecular weight excluding hydrogens is 203 g/mol. The summed E-state index contributed by atoms with van der Waals surface area (Å²) in [7, 11) is -0.235. The topological polar surface area (TPSA) is 27.7 Å². The Kier molecular flexibility index (Phi) is 2.41. The van der Waals surface area contributed by atoms with Gasteiger partial charge in [0.05, 0.1) is 12.7 Å². The molecular formula is C12H15BO3. The van der Waals surface area contributed by atoms with Crippen LogP contribution in [0.4, 0.5) is 0 Å². The smallest absolute Gasteiger partial charge is 0.489 e. The molecule has 2 aliphatic rings. The summed E-state index contributed by atoms with van der Waals surface area (Å²) in [5.74, 6) is 0.920. The van der Waals surface area contributed by atoms with Gasteiger partial charge in [0.15, 0.2) is 0 Å². The highest BCUT2D eigenvalue weighted by Gasteiger charge is 2.41. The summed E-state index contributed by atoms with van der Waals surface area (Å²) in [5, 5.41) is 0. The van der Waals surface area contributed by atoms with Gasteiger partial charge in [0.1, 0.15) is 11.9 Å². The Hall–Kier alpha value is -0.995. The summed E-state index contributed by atoms with van der Waals surface area (Å²) in [6, 6.07) is 6.13. The standard InChI is InChI=1S/C12H15BO3/c1-3-10-9-5-4-6-11-12(9)13(16-10)14-7-8(2)15-11/h4-6,8,10H,3,7H2,1-2H3/t8?,10-/m1/s1. The Bertz CT molecular complexity index is 407. The zero-order chi connectivity index (χ0) is 11.1. The molecule has 84 valence electrons. The lowest BCUT2D eigenvalue weighted by atomic mass is 9.78. The van der Waals surface area contributed by atoms with Crippen molar-refractivity contribution < 1.29 is 14.0 Å². The number of benzene rings is 1. The highest BCUT2D eigenvalue weighted by atomic mass is 16.6. The van der Waals surface area contributed by atoms with E-state index in [0.717, 1.165) is 17.6 Å². The van der Waals surface area contributed by atoms with Crippen molar-refractivity contribution in [2.75, 3.05) is 6.61 Å². The van der Waals surface area contributed by atoms with E-state index in [2.05, 4.69) is 13.0 Å². The van der Waals surface area contributed by atoms with Gasteiger partial charge in [-0.25, -0.2) is 0 Å². The van der Waals surface area contributed by atoms with Crippen LogP contribution >= 0.6 is 0 Å². The van der Waals surface area contributed by atoms with Crippen LogP contribution in [0.5, 0.6) is 5.75 Å². The first-order valence-electron chi connectivity index (χ1n) is 5.86. The second-order valence-corrected chi connectivity index (χ2v) is 4.39. The SMILES string of the molecule is CC[C@H]1OB2OCC(C)Oc3cccc1c32. The first-order valence-corrected chi connectivity index (χ1v) is 5.86. The highest BCUT2D eigenvalue weighted by Crippen LogP contribution is 2.32. The molecule has 2 atom stereocenters. The molecule has 4 heteroatoms. The van der Waals surface area contributed by atoms with Crippen LogP contribution in [0.3, 0.4) is 0 Å². The van der Waals surface area contributed by atoms with Crippen LogP contribution < -0.4 is 10.2 Å². The third-order valence-electron chi connectivity index (χ3n) is 3.15. The fourth-order valence-electron chi connectivity index (χ4n) is 2.40. The van der Waals surface area contributed by atoms with Crippen molar-refractivity contribution in [1.82, 2.24) is 0 Å². The van der Waals surface area contributed by atoms with E-state index in [1.807, 2.05) is 19.1 Å². The van der Waals surface area contributed by atoms with Gasteiger partial charge < -0.3 is 14.0 Å². The third kappa shape index (κ3) is 1.45. The molecule has 1 aromatic rings. The maximum atomic E-state index is 5.89. The maximum Gasteiger partial charge on any atom is 0.498 e. The Morgan fingerprint density at radius 3 is 3.12 bits per heavy atom. The molecule has 0 fully saturated rings. The van der Waals surface area contributed by atoms with E-state index < -0.39 is 0 Å². The zero-order valence-electron chi connectivity index (χ0n) is 9.60. The van der Waals surface area contributed by atoms with E-state index in [9.17, 15) is 0 Å². The molecule has 0 saturated carbocycles. The Labute approximate surface area is 95.8 Å². The number of rotatable bonds is 1. The molecule has 1 unspecified atom stereocenters. The molecule has 0 N–H and O–H groups in total. The van der Waals surface area contributed by atoms with Gasteiger partial charge in [-0.15, -0.1) is 0 Å². The molecule has 0 bridgehead atoms. The average molecular weight is 218 g/mol. The minimum Gasteiger partial charge on any atom is -0.489 e. The third-order valence-corrected chi connectivity index (χ3v) is 3.15. The molecule has 0 aromatic heterocycles. The summed E-state index contributed by atoms with van der Waals surface area (Å²) in [4.78, 5) is 0. The van der Waals surface area contributed by atoms with Crippen LogP contribution in [0.25, 0.3) is 0 Å². The summed E-state index contributed by atoms with van der Waals surface area (Å²) in [6.07, 6.45) is 1.20. The van der Waals surface area contributed by atoms with Crippen LogP contribution in [0.1, 0.15) is 31.9 Å². The lowest BCUT2D eigenvalue weighted by Gasteiger charge is -2.15. The van der Waals surface area contributed by atoms with Gasteiger partial charge in [0.2, 0.25) is 0 Å². The molecule has 0 radical (unpaired) electrons. The van der Waals surface area contributed by atoms with E-state index >= 15 is 0 Å². The molecule has 1 aromatic carbocycles. The molecule has 0 spiro atoms. The lowest BCUT2D eigenvalue weighted by molar-refractivity contribution is 0.110. The second kappa shape index (κ2) is 3.79. The van der Waals surface area contributed by atoms with Crippen molar-refractivity contribution in [2.24, 2.45) is 0 Å². The monoisotopic (exact) mass is 218 g/mol. The van der Waals surface area contributed by atoms with Crippen molar-refractivity contribution in [3.8, 4) is 5.75 Å². The Morgan fingerprint density at radius 1 is 1.44 bits per heavy atom. The largest absolute Gasteiger partial charge is 0.498 e. The van der Waals surface area contributed by atoms with E-state index in [1.165, 1.54) is 5.56 Å². The van der Waals surface area contributed by atoms with Gasteiger partial charge in [-0.2, -0.15) is 0 Å². The van der Waals surface area contributed by atoms with Crippen LogP contribution in [0, 0.1) is 0 Å². The normalized spacial score (nSPS) is 27.2. The van der Waals surface area contributed by atoms with Gasteiger partial charge in [-0.1, -0.05) is 19.1 Å². The van der Waals surface area contributed by atoms with Gasteiger partial charge in [0.25, 0.3) is 0 Å². The van der Waals surface area contributed by atoms with Gasteiger partial charge in [-0.3, -0.25) is 0 Å². The molecule has 0 amide bonds. The summed E-state index contributed by atoms with van der Waals surface area (Å²) in [5.41, 5.74) is 2.32. The molecule has 0 aliphatic carbocycles. The fourth-order valence-corrected chi connectivity index (χ4v) is 2.40. The number of ether oxygens (including phenoxy) is 1. The fraction of sp³-hybridized carbons (Fsp3) is 0.500. The molecule has 2 heterocycles. The predicted molar refractivity (Wildman–Crippen MR) is 62.0 cm³/mol. The van der Waals surface area contributed by atoms with Crippen molar-refractivity contribution in [3.05, 3.63) is 23.8 Å². The van der Waals surface area contributed by atoms with E-state index in [0.29, 0.717) is 6.61 Å². The van der Waals surface area contributed by atoms with Crippen molar-refractivity contribution >= 4 is 12.6 Å². The Morgan fingerprint density at radius 2 is 2.31 bits per heavy atom. The summed E-state index contributed by atoms with van der Waals surface area (Å²) >= 11 is 0. The summed E-state index contributed by atoms with van der Waals surface area (Å²) < 4.78 is 17.5. The van der Waals surface area contributed by atoms with Crippen molar-refractivity contribution in [2.45, 2.75) is 32.5 Å². The number of hydrogen-bond donors (Lipinski definition) is 0. The predicted octanol–water partition coefficient (Wildman–Crippen LogP) is 1.66. The van der Waals surface area contributed by atoms with Gasteiger partial charge in [0, 0.05) is 5.46 Å². The maximum absolute atomic E-state index is 5.89. The van der Waals surface area contributed by atoms with E-state index in [4.69, 9.17) is 14.0 Å². The molecule has 16 heavy (non-hydrogen) atoms. The van der Waals surface area contributed by atoms with E-state index in [-0.39, 0.29) is 19.3 Å². The van der Waals surface area contributed by atoms with Crippen molar-refractivity contribution in [3.63, 3.8) is 0 Å². The summed E-state index contributed by atoms with van der Waals surface area (Å²) in [6.45, 7) is 4.71. The van der Waals surface area contributed by atoms with Crippen LogP contribution in [-0.2, 0) is 9.31 Å².